The zero-order valence-corrected chi connectivity index (χ0v) is 18.6. The highest BCUT2D eigenvalue weighted by atomic mass is 35.5. The fourth-order valence-corrected chi connectivity index (χ4v) is 4.34. The zero-order valence-electron chi connectivity index (χ0n) is 17.8. The molecule has 4 rings (SSSR count). The first-order valence-corrected chi connectivity index (χ1v) is 11.3. The van der Waals surface area contributed by atoms with Crippen LogP contribution in [-0.2, 0) is 14.9 Å². The quantitative estimate of drug-likeness (QED) is 0.437. The van der Waals surface area contributed by atoms with E-state index in [4.69, 9.17) is 21.1 Å². The summed E-state index contributed by atoms with van der Waals surface area (Å²) in [5, 5.41) is 5.86. The smallest absolute Gasteiger partial charge is 0.235 e. The van der Waals surface area contributed by atoms with Gasteiger partial charge in [-0.3, -0.25) is 4.79 Å². The first-order valence-electron chi connectivity index (χ1n) is 10.9. The van der Waals surface area contributed by atoms with Gasteiger partial charge in [0.1, 0.15) is 5.75 Å². The van der Waals surface area contributed by atoms with Crippen LogP contribution in [-0.4, -0.2) is 25.7 Å². The second-order valence-electron chi connectivity index (χ2n) is 8.01. The van der Waals surface area contributed by atoms with E-state index in [-0.39, 0.29) is 5.91 Å². The van der Waals surface area contributed by atoms with E-state index in [1.807, 2.05) is 60.7 Å². The van der Waals surface area contributed by atoms with Crippen molar-refractivity contribution in [2.45, 2.75) is 38.0 Å². The Morgan fingerprint density at radius 2 is 1.74 bits per heavy atom. The van der Waals surface area contributed by atoms with Gasteiger partial charge >= 0.3 is 0 Å². The third-order valence-corrected chi connectivity index (χ3v) is 6.32. The molecule has 3 aromatic rings. The Hall–Kier alpha value is -2.56. The molecular weight excluding hydrogens is 410 g/mol. The number of benzene rings is 3. The number of nitrogens with one attached hydrogen (secondary N) is 1. The predicted molar refractivity (Wildman–Crippen MR) is 126 cm³/mol. The van der Waals surface area contributed by atoms with Gasteiger partial charge in [0.15, 0.2) is 0 Å². The van der Waals surface area contributed by atoms with E-state index in [0.717, 1.165) is 40.6 Å². The van der Waals surface area contributed by atoms with Gasteiger partial charge in [-0.25, -0.2) is 0 Å². The maximum absolute atomic E-state index is 13.7. The molecule has 31 heavy (non-hydrogen) atoms. The van der Waals surface area contributed by atoms with Gasteiger partial charge in [0, 0.05) is 34.7 Å². The molecule has 0 atom stereocenters. The number of rotatable bonds is 7. The number of fused-ring (bicyclic) bond motifs is 1. The molecule has 0 aliphatic carbocycles. The first-order chi connectivity index (χ1) is 15.1. The summed E-state index contributed by atoms with van der Waals surface area (Å²) in [6.07, 6.45) is 3.37. The number of hydrogen-bond donors (Lipinski definition) is 1. The second-order valence-corrected chi connectivity index (χ2v) is 8.45. The molecule has 1 aliphatic heterocycles. The standard InChI is InChI=1S/C26H28ClNO3/c1-2-3-16-31-24-13-12-23(21-6-4-5-7-22(21)24)28-25(29)26(14-17-30-18-15-26)19-8-10-20(27)11-9-19/h4-13H,2-3,14-18H2,1H3,(H,28,29). The number of carbonyl (C=O) groups excluding carboxylic acids is 1. The van der Waals surface area contributed by atoms with E-state index < -0.39 is 5.41 Å². The van der Waals surface area contributed by atoms with Gasteiger partial charge in [-0.05, 0) is 49.1 Å². The molecule has 1 N–H and O–H groups in total. The summed E-state index contributed by atoms with van der Waals surface area (Å²) in [5.74, 6) is 0.837. The molecular formula is C26H28ClNO3. The molecule has 0 spiro atoms. The largest absolute Gasteiger partial charge is 0.493 e. The van der Waals surface area contributed by atoms with E-state index in [9.17, 15) is 4.79 Å². The van der Waals surface area contributed by atoms with Crippen molar-refractivity contribution < 1.29 is 14.3 Å². The van der Waals surface area contributed by atoms with Crippen LogP contribution in [0.5, 0.6) is 5.75 Å². The average Bonchev–Trinajstić information content (AvgIpc) is 2.81. The predicted octanol–water partition coefficient (Wildman–Crippen LogP) is 6.36. The molecule has 1 fully saturated rings. The van der Waals surface area contributed by atoms with Crippen LogP contribution >= 0.6 is 11.6 Å². The lowest BCUT2D eigenvalue weighted by molar-refractivity contribution is -0.125. The highest BCUT2D eigenvalue weighted by molar-refractivity contribution is 6.30. The van der Waals surface area contributed by atoms with Gasteiger partial charge in [-0.1, -0.05) is 61.3 Å². The Kier molecular flexibility index (Phi) is 6.79. The van der Waals surface area contributed by atoms with Crippen molar-refractivity contribution in [2.24, 2.45) is 0 Å². The number of carbonyl (C=O) groups is 1. The van der Waals surface area contributed by atoms with Gasteiger partial charge in [0.25, 0.3) is 0 Å². The lowest BCUT2D eigenvalue weighted by Gasteiger charge is -2.36. The Labute approximate surface area is 188 Å². The minimum Gasteiger partial charge on any atom is -0.493 e. The van der Waals surface area contributed by atoms with Crippen molar-refractivity contribution >= 4 is 34.0 Å². The van der Waals surface area contributed by atoms with E-state index in [1.54, 1.807) is 0 Å². The number of halogens is 1. The summed E-state index contributed by atoms with van der Waals surface area (Å²) >= 11 is 6.09. The molecule has 3 aromatic carbocycles. The van der Waals surface area contributed by atoms with Gasteiger partial charge in [0.05, 0.1) is 12.0 Å². The fourth-order valence-electron chi connectivity index (χ4n) is 4.21. The number of anilines is 1. The normalized spacial score (nSPS) is 15.5. The van der Waals surface area contributed by atoms with Crippen LogP contribution in [0.2, 0.25) is 5.02 Å². The minimum atomic E-state index is -0.639. The Morgan fingerprint density at radius 3 is 2.45 bits per heavy atom. The van der Waals surface area contributed by atoms with Crippen LogP contribution in [0.25, 0.3) is 10.8 Å². The van der Waals surface area contributed by atoms with Crippen molar-refractivity contribution in [3.8, 4) is 5.75 Å². The van der Waals surface area contributed by atoms with Gasteiger partial charge in [0.2, 0.25) is 5.91 Å². The molecule has 0 bridgehead atoms. The summed E-state index contributed by atoms with van der Waals surface area (Å²) in [4.78, 5) is 13.7. The molecule has 1 saturated heterocycles. The molecule has 5 heteroatoms. The number of ether oxygens (including phenoxy) is 2. The van der Waals surface area contributed by atoms with Gasteiger partial charge in [-0.15, -0.1) is 0 Å². The Bertz CT molecular complexity index is 1040. The molecule has 1 amide bonds. The van der Waals surface area contributed by atoms with Crippen LogP contribution in [0.1, 0.15) is 38.2 Å². The highest BCUT2D eigenvalue weighted by Gasteiger charge is 2.41. The van der Waals surface area contributed by atoms with E-state index in [2.05, 4.69) is 12.2 Å². The molecule has 0 aromatic heterocycles. The van der Waals surface area contributed by atoms with E-state index in [1.165, 1.54) is 0 Å². The third kappa shape index (κ3) is 4.56. The lowest BCUT2D eigenvalue weighted by atomic mass is 9.73. The van der Waals surface area contributed by atoms with E-state index in [0.29, 0.717) is 37.7 Å². The third-order valence-electron chi connectivity index (χ3n) is 6.07. The first kappa shape index (κ1) is 21.7. The van der Waals surface area contributed by atoms with Gasteiger partial charge < -0.3 is 14.8 Å². The maximum Gasteiger partial charge on any atom is 0.235 e. The molecule has 162 valence electrons. The number of hydrogen-bond acceptors (Lipinski definition) is 3. The van der Waals surface area contributed by atoms with Crippen molar-refractivity contribution in [1.29, 1.82) is 0 Å². The maximum atomic E-state index is 13.7. The van der Waals surface area contributed by atoms with Crippen LogP contribution in [0.15, 0.2) is 60.7 Å². The summed E-state index contributed by atoms with van der Waals surface area (Å²) in [6.45, 7) is 3.95. The second kappa shape index (κ2) is 9.71. The lowest BCUT2D eigenvalue weighted by Crippen LogP contribution is -2.44. The van der Waals surface area contributed by atoms with E-state index >= 15 is 0 Å². The zero-order chi connectivity index (χ0) is 21.7. The minimum absolute atomic E-state index is 0.0112. The highest BCUT2D eigenvalue weighted by Crippen LogP contribution is 2.38. The molecule has 4 nitrogen and oxygen atoms in total. The molecule has 0 unspecified atom stereocenters. The van der Waals surface area contributed by atoms with Gasteiger partial charge in [-0.2, -0.15) is 0 Å². The Balaban J connectivity index is 1.66. The SMILES string of the molecule is CCCCOc1ccc(NC(=O)C2(c3ccc(Cl)cc3)CCOCC2)c2ccccc12. The fraction of sp³-hybridized carbons (Fsp3) is 0.346. The van der Waals surface area contributed by atoms with Crippen molar-refractivity contribution in [2.75, 3.05) is 25.1 Å². The summed E-state index contributed by atoms with van der Waals surface area (Å²) in [5.41, 5.74) is 1.13. The molecule has 0 saturated carbocycles. The molecule has 0 radical (unpaired) electrons. The van der Waals surface area contributed by atoms with Crippen molar-refractivity contribution in [1.82, 2.24) is 0 Å². The number of amides is 1. The molecule has 1 heterocycles. The van der Waals surface area contributed by atoms with Crippen molar-refractivity contribution in [3.05, 3.63) is 71.2 Å². The number of unbranched alkanes of at least 4 members (excludes halogenated alkanes) is 1. The van der Waals surface area contributed by atoms with Crippen molar-refractivity contribution in [3.63, 3.8) is 0 Å². The van der Waals surface area contributed by atoms with Crippen LogP contribution < -0.4 is 10.1 Å². The van der Waals surface area contributed by atoms with Crippen LogP contribution in [0.4, 0.5) is 5.69 Å². The Morgan fingerprint density at radius 1 is 1.03 bits per heavy atom. The van der Waals surface area contributed by atoms with Crippen LogP contribution in [0.3, 0.4) is 0 Å². The molecule has 1 aliphatic rings. The monoisotopic (exact) mass is 437 g/mol. The summed E-state index contributed by atoms with van der Waals surface area (Å²) in [6, 6.07) is 19.5. The summed E-state index contributed by atoms with van der Waals surface area (Å²) < 4.78 is 11.6. The average molecular weight is 438 g/mol. The topological polar surface area (TPSA) is 47.6 Å². The van der Waals surface area contributed by atoms with Crippen LogP contribution in [0, 0.1) is 0 Å². The summed E-state index contributed by atoms with van der Waals surface area (Å²) in [7, 11) is 0.